The van der Waals surface area contributed by atoms with Crippen LogP contribution in [-0.2, 0) is 0 Å². The molecule has 33 heavy (non-hydrogen) atoms. The summed E-state index contributed by atoms with van der Waals surface area (Å²) in [6, 6.07) is 8.31. The molecule has 4 heterocycles. The molecule has 0 saturated heterocycles. The highest BCUT2D eigenvalue weighted by Gasteiger charge is 2.17. The summed E-state index contributed by atoms with van der Waals surface area (Å²) >= 11 is 0. The van der Waals surface area contributed by atoms with E-state index in [0.717, 1.165) is 65.4 Å². The Bertz CT molecular complexity index is 1280. The number of nitrogens with zero attached hydrogens (tertiary/aromatic N) is 6. The van der Waals surface area contributed by atoms with E-state index in [1.54, 1.807) is 0 Å². The van der Waals surface area contributed by atoms with E-state index in [2.05, 4.69) is 25.3 Å². The predicted molar refractivity (Wildman–Crippen MR) is 131 cm³/mol. The summed E-state index contributed by atoms with van der Waals surface area (Å²) in [4.78, 5) is 22.7. The van der Waals surface area contributed by atoms with Gasteiger partial charge < -0.3 is 11.1 Å². The SMILES string of the molecule is Cc1ccc(Nc2ccc3ncc(-c4nc(/N=C/C5CCC(N)CC5)ncc4C)n3c2)cn1. The Morgan fingerprint density at radius 1 is 0.970 bits per heavy atom. The lowest BCUT2D eigenvalue weighted by Crippen LogP contribution is -2.26. The van der Waals surface area contributed by atoms with Gasteiger partial charge in [0, 0.05) is 30.3 Å². The van der Waals surface area contributed by atoms with Gasteiger partial charge in [0.15, 0.2) is 0 Å². The summed E-state index contributed by atoms with van der Waals surface area (Å²) in [5.74, 6) is 0.916. The first-order valence-corrected chi connectivity index (χ1v) is 11.4. The zero-order valence-electron chi connectivity index (χ0n) is 18.9. The molecular weight excluding hydrogens is 412 g/mol. The second-order valence-electron chi connectivity index (χ2n) is 8.76. The topological polar surface area (TPSA) is 106 Å². The van der Waals surface area contributed by atoms with Gasteiger partial charge in [-0.15, -0.1) is 0 Å². The number of pyridine rings is 2. The van der Waals surface area contributed by atoms with E-state index in [1.807, 2.05) is 73.5 Å². The molecule has 0 aromatic carbocycles. The maximum Gasteiger partial charge on any atom is 0.249 e. The Hall–Kier alpha value is -3.65. The lowest BCUT2D eigenvalue weighted by molar-refractivity contribution is 0.396. The summed E-state index contributed by atoms with van der Waals surface area (Å²) in [5.41, 5.74) is 12.4. The second-order valence-corrected chi connectivity index (χ2v) is 8.76. The van der Waals surface area contributed by atoms with Crippen LogP contribution in [0.4, 0.5) is 17.3 Å². The first-order valence-electron chi connectivity index (χ1n) is 11.4. The number of hydrogen-bond donors (Lipinski definition) is 2. The highest BCUT2D eigenvalue weighted by molar-refractivity contribution is 5.68. The summed E-state index contributed by atoms with van der Waals surface area (Å²) in [5, 5.41) is 3.40. The maximum absolute atomic E-state index is 6.01. The predicted octanol–water partition coefficient (Wildman–Crippen LogP) is 4.77. The number of aryl methyl sites for hydroxylation is 2. The van der Waals surface area contributed by atoms with Crippen LogP contribution in [-0.4, -0.2) is 36.6 Å². The number of hydrogen-bond acceptors (Lipinski definition) is 7. The molecule has 4 aromatic heterocycles. The van der Waals surface area contributed by atoms with Crippen molar-refractivity contribution in [2.45, 2.75) is 45.6 Å². The van der Waals surface area contributed by atoms with E-state index >= 15 is 0 Å². The fourth-order valence-electron chi connectivity index (χ4n) is 4.16. The minimum Gasteiger partial charge on any atom is -0.353 e. The molecule has 0 radical (unpaired) electrons. The van der Waals surface area contributed by atoms with Gasteiger partial charge in [0.25, 0.3) is 0 Å². The molecule has 5 rings (SSSR count). The van der Waals surface area contributed by atoms with E-state index in [9.17, 15) is 0 Å². The van der Waals surface area contributed by atoms with Crippen LogP contribution < -0.4 is 11.1 Å². The third-order valence-corrected chi connectivity index (χ3v) is 6.12. The van der Waals surface area contributed by atoms with Crippen molar-refractivity contribution in [2.24, 2.45) is 16.6 Å². The molecule has 3 N–H and O–H groups in total. The number of imidazole rings is 1. The average molecular weight is 441 g/mol. The van der Waals surface area contributed by atoms with Gasteiger partial charge in [-0.3, -0.25) is 9.38 Å². The van der Waals surface area contributed by atoms with E-state index in [4.69, 9.17) is 10.7 Å². The molecule has 8 heteroatoms. The number of anilines is 2. The molecule has 1 fully saturated rings. The Balaban J connectivity index is 1.43. The minimum atomic E-state index is 0.327. The first kappa shape index (κ1) is 21.2. The average Bonchev–Trinajstić information content (AvgIpc) is 3.24. The molecule has 1 aliphatic rings. The summed E-state index contributed by atoms with van der Waals surface area (Å²) in [6.45, 7) is 3.98. The standard InChI is InChI=1S/C25H28N8/c1-16-11-29-25(30-12-18-4-6-19(26)7-5-18)32-24(16)22-14-28-23-10-9-21(15-33(22)23)31-20-8-3-17(2)27-13-20/h3,8-15,18-19,31H,4-7,26H2,1-2H3/b30-12+. The van der Waals surface area contributed by atoms with Crippen molar-refractivity contribution in [1.82, 2.24) is 24.3 Å². The maximum atomic E-state index is 6.01. The van der Waals surface area contributed by atoms with Crippen LogP contribution in [0.5, 0.6) is 0 Å². The van der Waals surface area contributed by atoms with Crippen LogP contribution >= 0.6 is 0 Å². The zero-order chi connectivity index (χ0) is 22.8. The summed E-state index contributed by atoms with van der Waals surface area (Å²) in [6.07, 6.45) is 13.8. The number of nitrogens with two attached hydrogens (primary N) is 1. The van der Waals surface area contributed by atoms with Crippen LogP contribution in [0, 0.1) is 19.8 Å². The van der Waals surface area contributed by atoms with Gasteiger partial charge in [-0.1, -0.05) is 0 Å². The van der Waals surface area contributed by atoms with Crippen molar-refractivity contribution in [3.05, 3.63) is 60.3 Å². The molecule has 0 aliphatic heterocycles. The Morgan fingerprint density at radius 3 is 2.58 bits per heavy atom. The van der Waals surface area contributed by atoms with Crippen LogP contribution in [0.15, 0.2) is 54.0 Å². The van der Waals surface area contributed by atoms with Crippen LogP contribution in [0.25, 0.3) is 17.0 Å². The van der Waals surface area contributed by atoms with Crippen LogP contribution in [0.1, 0.15) is 36.9 Å². The molecule has 8 nitrogen and oxygen atoms in total. The van der Waals surface area contributed by atoms with Gasteiger partial charge in [0.2, 0.25) is 5.95 Å². The third kappa shape index (κ3) is 4.75. The molecule has 1 saturated carbocycles. The smallest absolute Gasteiger partial charge is 0.249 e. The van der Waals surface area contributed by atoms with Crippen molar-refractivity contribution in [1.29, 1.82) is 0 Å². The van der Waals surface area contributed by atoms with Crippen molar-refractivity contribution in [2.75, 3.05) is 5.32 Å². The fraction of sp³-hybridized carbons (Fsp3) is 0.320. The van der Waals surface area contributed by atoms with Gasteiger partial charge in [-0.2, -0.15) is 0 Å². The molecule has 0 bridgehead atoms. The quantitative estimate of drug-likeness (QED) is 0.433. The van der Waals surface area contributed by atoms with Crippen molar-refractivity contribution in [3.63, 3.8) is 0 Å². The van der Waals surface area contributed by atoms with Gasteiger partial charge in [0.1, 0.15) is 5.65 Å². The molecule has 0 spiro atoms. The molecule has 4 aromatic rings. The van der Waals surface area contributed by atoms with Crippen LogP contribution in [0.2, 0.25) is 0 Å². The molecule has 0 amide bonds. The lowest BCUT2D eigenvalue weighted by atomic mass is 9.87. The van der Waals surface area contributed by atoms with E-state index in [1.165, 1.54) is 0 Å². The molecule has 0 unspecified atom stereocenters. The normalized spacial score (nSPS) is 18.8. The number of aromatic nitrogens is 5. The lowest BCUT2D eigenvalue weighted by Gasteiger charge is -2.22. The van der Waals surface area contributed by atoms with Crippen LogP contribution in [0.3, 0.4) is 0 Å². The Kier molecular flexibility index (Phi) is 5.83. The number of fused-ring (bicyclic) bond motifs is 1. The van der Waals surface area contributed by atoms with Gasteiger partial charge in [-0.25, -0.2) is 19.9 Å². The van der Waals surface area contributed by atoms with Gasteiger partial charge >= 0.3 is 0 Å². The first-order chi connectivity index (χ1) is 16.0. The van der Waals surface area contributed by atoms with Crippen molar-refractivity contribution < 1.29 is 0 Å². The molecule has 1 aliphatic carbocycles. The third-order valence-electron chi connectivity index (χ3n) is 6.12. The number of nitrogens with one attached hydrogen (secondary N) is 1. The minimum absolute atomic E-state index is 0.327. The van der Waals surface area contributed by atoms with Gasteiger partial charge in [-0.05, 0) is 75.3 Å². The highest BCUT2D eigenvalue weighted by Crippen LogP contribution is 2.27. The molecular formula is C25H28N8. The molecule has 0 atom stereocenters. The van der Waals surface area contributed by atoms with E-state index in [-0.39, 0.29) is 0 Å². The highest BCUT2D eigenvalue weighted by atomic mass is 15.1. The number of aliphatic imine (C=N–C) groups is 1. The van der Waals surface area contributed by atoms with Crippen molar-refractivity contribution in [3.8, 4) is 11.4 Å². The second kappa shape index (κ2) is 9.07. The Labute approximate surface area is 193 Å². The monoisotopic (exact) mass is 440 g/mol. The Morgan fingerprint density at radius 2 is 1.79 bits per heavy atom. The summed E-state index contributed by atoms with van der Waals surface area (Å²) < 4.78 is 2.04. The fourth-order valence-corrected chi connectivity index (χ4v) is 4.16. The van der Waals surface area contributed by atoms with E-state index in [0.29, 0.717) is 17.9 Å². The number of rotatable bonds is 5. The van der Waals surface area contributed by atoms with Gasteiger partial charge in [0.05, 0.1) is 35.2 Å². The van der Waals surface area contributed by atoms with E-state index < -0.39 is 0 Å². The zero-order valence-corrected chi connectivity index (χ0v) is 18.9. The largest absolute Gasteiger partial charge is 0.353 e. The summed E-state index contributed by atoms with van der Waals surface area (Å²) in [7, 11) is 0. The molecule has 168 valence electrons. The van der Waals surface area contributed by atoms with Crippen molar-refractivity contribution >= 4 is 29.2 Å².